The molecule has 1 aromatic carbocycles. The minimum absolute atomic E-state index is 0.274. The summed E-state index contributed by atoms with van der Waals surface area (Å²) in [5.41, 5.74) is 3.52. The van der Waals surface area contributed by atoms with E-state index in [9.17, 15) is 0 Å². The molecule has 0 N–H and O–H groups in total. The second-order valence-electron chi connectivity index (χ2n) is 3.47. The van der Waals surface area contributed by atoms with Crippen LogP contribution in [0.4, 0.5) is 0 Å². The highest BCUT2D eigenvalue weighted by atomic mass is 16.8. The van der Waals surface area contributed by atoms with Crippen LogP contribution in [-0.4, -0.2) is 13.6 Å². The van der Waals surface area contributed by atoms with Crippen molar-refractivity contribution < 1.29 is 14.2 Å². The third-order valence-corrected chi connectivity index (χ3v) is 2.28. The quantitative estimate of drug-likeness (QED) is 0.686. The van der Waals surface area contributed by atoms with E-state index < -0.39 is 0 Å². The van der Waals surface area contributed by atoms with Crippen molar-refractivity contribution in [2.75, 3.05) is 13.6 Å². The summed E-state index contributed by atoms with van der Waals surface area (Å²) in [5.74, 6) is 0. The molecule has 76 valence electrons. The van der Waals surface area contributed by atoms with Crippen molar-refractivity contribution in [2.24, 2.45) is 0 Å². The Bertz CT molecular complexity index is 316. The van der Waals surface area contributed by atoms with Gasteiger partial charge in [-0.3, -0.25) is 0 Å². The summed E-state index contributed by atoms with van der Waals surface area (Å²) in [6.07, 6.45) is -0.274. The van der Waals surface area contributed by atoms with Crippen molar-refractivity contribution in [1.82, 2.24) is 0 Å². The number of ether oxygens (including phenoxy) is 3. The SMILES string of the molecule is Cc1ccc(C2OCOCO2)c(C)c1. The highest BCUT2D eigenvalue weighted by Crippen LogP contribution is 2.25. The van der Waals surface area contributed by atoms with Gasteiger partial charge in [0.05, 0.1) is 0 Å². The lowest BCUT2D eigenvalue weighted by atomic mass is 10.1. The van der Waals surface area contributed by atoms with Gasteiger partial charge in [0, 0.05) is 5.56 Å². The van der Waals surface area contributed by atoms with E-state index >= 15 is 0 Å². The molecule has 3 heteroatoms. The Morgan fingerprint density at radius 3 is 2.50 bits per heavy atom. The minimum Gasteiger partial charge on any atom is -0.329 e. The third kappa shape index (κ3) is 1.95. The van der Waals surface area contributed by atoms with Gasteiger partial charge in [-0.25, -0.2) is 0 Å². The summed E-state index contributed by atoms with van der Waals surface area (Å²) in [7, 11) is 0. The van der Waals surface area contributed by atoms with Crippen molar-refractivity contribution >= 4 is 0 Å². The fraction of sp³-hybridized carbons (Fsp3) is 0.455. The molecule has 3 nitrogen and oxygen atoms in total. The molecule has 0 aromatic heterocycles. The summed E-state index contributed by atoms with van der Waals surface area (Å²) in [4.78, 5) is 0. The average molecular weight is 194 g/mol. The van der Waals surface area contributed by atoms with Gasteiger partial charge in [-0.15, -0.1) is 0 Å². The number of benzene rings is 1. The van der Waals surface area contributed by atoms with Gasteiger partial charge in [-0.2, -0.15) is 0 Å². The van der Waals surface area contributed by atoms with Gasteiger partial charge in [0.1, 0.15) is 0 Å². The van der Waals surface area contributed by atoms with Crippen LogP contribution in [0.1, 0.15) is 23.0 Å². The van der Waals surface area contributed by atoms with E-state index in [2.05, 4.69) is 26.0 Å². The van der Waals surface area contributed by atoms with Crippen molar-refractivity contribution in [1.29, 1.82) is 0 Å². The molecule has 0 radical (unpaired) electrons. The largest absolute Gasteiger partial charge is 0.329 e. The minimum atomic E-state index is -0.274. The normalized spacial score (nSPS) is 18.4. The molecular weight excluding hydrogens is 180 g/mol. The monoisotopic (exact) mass is 194 g/mol. The fourth-order valence-corrected chi connectivity index (χ4v) is 1.57. The maximum absolute atomic E-state index is 5.34. The van der Waals surface area contributed by atoms with Crippen molar-refractivity contribution in [3.05, 3.63) is 34.9 Å². The van der Waals surface area contributed by atoms with Gasteiger partial charge in [0.25, 0.3) is 0 Å². The van der Waals surface area contributed by atoms with E-state index in [4.69, 9.17) is 14.2 Å². The van der Waals surface area contributed by atoms with Crippen LogP contribution in [0, 0.1) is 13.8 Å². The molecule has 0 amide bonds. The molecule has 1 saturated heterocycles. The molecule has 2 rings (SSSR count). The Morgan fingerprint density at radius 2 is 1.86 bits per heavy atom. The van der Waals surface area contributed by atoms with Crippen LogP contribution < -0.4 is 0 Å². The molecule has 1 aliphatic rings. The van der Waals surface area contributed by atoms with Gasteiger partial charge in [-0.1, -0.05) is 23.8 Å². The van der Waals surface area contributed by atoms with E-state index in [-0.39, 0.29) is 6.29 Å². The van der Waals surface area contributed by atoms with Crippen molar-refractivity contribution in [3.63, 3.8) is 0 Å². The van der Waals surface area contributed by atoms with Crippen LogP contribution >= 0.6 is 0 Å². The van der Waals surface area contributed by atoms with Crippen LogP contribution in [-0.2, 0) is 14.2 Å². The second kappa shape index (κ2) is 4.09. The smallest absolute Gasteiger partial charge is 0.189 e. The lowest BCUT2D eigenvalue weighted by molar-refractivity contribution is -0.303. The molecule has 1 heterocycles. The zero-order chi connectivity index (χ0) is 9.97. The maximum atomic E-state index is 5.34. The van der Waals surface area contributed by atoms with Gasteiger partial charge in [0.15, 0.2) is 19.9 Å². The van der Waals surface area contributed by atoms with Gasteiger partial charge >= 0.3 is 0 Å². The lowest BCUT2D eigenvalue weighted by Gasteiger charge is -2.24. The molecule has 1 aromatic rings. The van der Waals surface area contributed by atoms with Crippen LogP contribution in [0.25, 0.3) is 0 Å². The number of aryl methyl sites for hydroxylation is 2. The zero-order valence-corrected chi connectivity index (χ0v) is 8.45. The van der Waals surface area contributed by atoms with Crippen LogP contribution in [0.15, 0.2) is 18.2 Å². The van der Waals surface area contributed by atoms with Crippen molar-refractivity contribution in [2.45, 2.75) is 20.1 Å². The Kier molecular flexibility index (Phi) is 2.82. The van der Waals surface area contributed by atoms with Gasteiger partial charge in [0.2, 0.25) is 0 Å². The molecule has 0 atom stereocenters. The Labute approximate surface area is 83.6 Å². The summed E-state index contributed by atoms with van der Waals surface area (Å²) in [6.45, 7) is 4.74. The predicted octanol–water partition coefficient (Wildman–Crippen LogP) is 2.28. The Hall–Kier alpha value is -0.900. The Balaban J connectivity index is 2.22. The molecule has 1 fully saturated rings. The van der Waals surface area contributed by atoms with Crippen LogP contribution in [0.3, 0.4) is 0 Å². The van der Waals surface area contributed by atoms with Crippen molar-refractivity contribution in [3.8, 4) is 0 Å². The van der Waals surface area contributed by atoms with Gasteiger partial charge in [-0.05, 0) is 19.4 Å². The summed E-state index contributed by atoms with van der Waals surface area (Å²) in [5, 5.41) is 0. The highest BCUT2D eigenvalue weighted by Gasteiger charge is 2.18. The third-order valence-electron chi connectivity index (χ3n) is 2.28. The molecule has 0 saturated carbocycles. The zero-order valence-electron chi connectivity index (χ0n) is 8.45. The molecule has 1 aliphatic heterocycles. The first-order chi connectivity index (χ1) is 6.77. The van der Waals surface area contributed by atoms with Crippen LogP contribution in [0.5, 0.6) is 0 Å². The molecule has 0 aliphatic carbocycles. The first-order valence-corrected chi connectivity index (χ1v) is 4.65. The molecular formula is C11H14O3. The van der Waals surface area contributed by atoms with E-state index in [0.717, 1.165) is 5.56 Å². The molecule has 14 heavy (non-hydrogen) atoms. The molecule has 0 unspecified atom stereocenters. The number of hydrogen-bond acceptors (Lipinski definition) is 3. The lowest BCUT2D eigenvalue weighted by Crippen LogP contribution is -2.20. The number of hydrogen-bond donors (Lipinski definition) is 0. The summed E-state index contributed by atoms with van der Waals surface area (Å²) in [6, 6.07) is 6.22. The summed E-state index contributed by atoms with van der Waals surface area (Å²) >= 11 is 0. The average Bonchev–Trinajstić information content (AvgIpc) is 2.19. The molecule has 0 spiro atoms. The van der Waals surface area contributed by atoms with Gasteiger partial charge < -0.3 is 14.2 Å². The molecule has 0 bridgehead atoms. The number of rotatable bonds is 1. The standard InChI is InChI=1S/C11H14O3/c1-8-3-4-10(9(2)5-8)11-13-6-12-7-14-11/h3-5,11H,6-7H2,1-2H3. The van der Waals surface area contributed by atoms with Crippen LogP contribution in [0.2, 0.25) is 0 Å². The topological polar surface area (TPSA) is 27.7 Å². The predicted molar refractivity (Wildman–Crippen MR) is 51.6 cm³/mol. The van der Waals surface area contributed by atoms with E-state index in [0.29, 0.717) is 13.6 Å². The highest BCUT2D eigenvalue weighted by molar-refractivity contribution is 5.31. The Morgan fingerprint density at radius 1 is 1.14 bits per heavy atom. The second-order valence-corrected chi connectivity index (χ2v) is 3.47. The van der Waals surface area contributed by atoms with E-state index in [1.54, 1.807) is 0 Å². The first-order valence-electron chi connectivity index (χ1n) is 4.65. The van der Waals surface area contributed by atoms with E-state index in [1.807, 2.05) is 6.07 Å². The first kappa shape index (κ1) is 9.65. The fourth-order valence-electron chi connectivity index (χ4n) is 1.57. The van der Waals surface area contributed by atoms with E-state index in [1.165, 1.54) is 11.1 Å². The maximum Gasteiger partial charge on any atom is 0.189 e. The summed E-state index contributed by atoms with van der Waals surface area (Å²) < 4.78 is 15.6.